The number of anilines is 4. The molecule has 0 unspecified atom stereocenters. The Morgan fingerprint density at radius 2 is 1.77 bits per heavy atom. The predicted octanol–water partition coefficient (Wildman–Crippen LogP) is 3.70. The number of carbonyl (C=O) groups excluding carboxylic acids is 1. The average Bonchev–Trinajstić information content (AvgIpc) is 3.44. The van der Waals surface area contributed by atoms with Crippen LogP contribution in [0.4, 0.5) is 22.2 Å². The summed E-state index contributed by atoms with van der Waals surface area (Å²) < 4.78 is 16.1. The van der Waals surface area contributed by atoms with Crippen LogP contribution in [0.2, 0.25) is 0 Å². The zero-order valence-corrected chi connectivity index (χ0v) is 16.9. The molecule has 5 rings (SSSR count). The van der Waals surface area contributed by atoms with E-state index in [4.69, 9.17) is 14.2 Å². The molecule has 2 N–H and O–H groups in total. The molecule has 0 aliphatic carbocycles. The molecule has 0 spiro atoms. The fourth-order valence-corrected chi connectivity index (χ4v) is 4.02. The molecule has 3 heterocycles. The number of thiazole rings is 1. The number of morpholine rings is 1. The number of aromatic nitrogens is 1. The highest BCUT2D eigenvalue weighted by Crippen LogP contribution is 2.35. The van der Waals surface area contributed by atoms with Gasteiger partial charge >= 0.3 is 0 Å². The number of hydrogen-bond donors (Lipinski definition) is 2. The Morgan fingerprint density at radius 1 is 1.00 bits per heavy atom. The molecule has 0 bridgehead atoms. The van der Waals surface area contributed by atoms with Crippen LogP contribution in [-0.4, -0.2) is 44.0 Å². The van der Waals surface area contributed by atoms with Crippen LogP contribution >= 0.6 is 11.3 Å². The molecular weight excluding hydrogens is 404 g/mol. The summed E-state index contributed by atoms with van der Waals surface area (Å²) >= 11 is 1.36. The summed E-state index contributed by atoms with van der Waals surface area (Å²) in [6, 6.07) is 13.4. The van der Waals surface area contributed by atoms with E-state index >= 15 is 0 Å². The summed E-state index contributed by atoms with van der Waals surface area (Å²) in [7, 11) is 0. The second-order valence-electron chi connectivity index (χ2n) is 6.83. The Labute approximate surface area is 177 Å². The van der Waals surface area contributed by atoms with Gasteiger partial charge in [-0.3, -0.25) is 4.79 Å². The number of ether oxygens (including phenoxy) is 3. The molecule has 0 radical (unpaired) electrons. The normalized spacial score (nSPS) is 15.1. The summed E-state index contributed by atoms with van der Waals surface area (Å²) in [5.41, 5.74) is 3.04. The van der Waals surface area contributed by atoms with Gasteiger partial charge in [0, 0.05) is 41.6 Å². The van der Waals surface area contributed by atoms with Crippen molar-refractivity contribution in [1.29, 1.82) is 0 Å². The van der Waals surface area contributed by atoms with Crippen LogP contribution in [0.5, 0.6) is 11.5 Å². The van der Waals surface area contributed by atoms with Gasteiger partial charge in [-0.15, -0.1) is 11.3 Å². The van der Waals surface area contributed by atoms with Crippen LogP contribution in [-0.2, 0) is 4.74 Å². The van der Waals surface area contributed by atoms with E-state index in [0.29, 0.717) is 16.6 Å². The van der Waals surface area contributed by atoms with Gasteiger partial charge in [0.05, 0.1) is 13.2 Å². The first-order valence-corrected chi connectivity index (χ1v) is 10.5. The van der Waals surface area contributed by atoms with Crippen LogP contribution in [0.25, 0.3) is 0 Å². The lowest BCUT2D eigenvalue weighted by atomic mass is 10.2. The molecule has 2 aromatic carbocycles. The number of nitrogens with one attached hydrogen (secondary N) is 2. The quantitative estimate of drug-likeness (QED) is 0.646. The van der Waals surface area contributed by atoms with Crippen LogP contribution in [0, 0.1) is 0 Å². The van der Waals surface area contributed by atoms with E-state index in [-0.39, 0.29) is 12.7 Å². The Morgan fingerprint density at radius 3 is 2.60 bits per heavy atom. The van der Waals surface area contributed by atoms with Gasteiger partial charge in [-0.25, -0.2) is 4.98 Å². The molecule has 3 aromatic rings. The molecule has 1 fully saturated rings. The minimum atomic E-state index is -0.246. The number of rotatable bonds is 5. The molecule has 2 aliphatic heterocycles. The molecule has 2 aliphatic rings. The van der Waals surface area contributed by atoms with E-state index in [0.717, 1.165) is 49.1 Å². The van der Waals surface area contributed by atoms with Gasteiger partial charge in [-0.2, -0.15) is 0 Å². The van der Waals surface area contributed by atoms with Crippen molar-refractivity contribution in [3.05, 3.63) is 53.5 Å². The zero-order chi connectivity index (χ0) is 20.3. The fraction of sp³-hybridized carbons (Fsp3) is 0.238. The Kier molecular flexibility index (Phi) is 5.12. The standard InChI is InChI=1S/C21H20N4O4S/c26-20(22-14-1-4-16(5-2-14)25-7-9-27-10-8-25)17-12-30-21(24-17)23-15-3-6-18-19(11-15)29-13-28-18/h1-6,11-12H,7-10,13H2,(H,22,26)(H,23,24). The third-order valence-corrected chi connectivity index (χ3v) is 5.62. The van der Waals surface area contributed by atoms with Crippen LogP contribution < -0.4 is 25.0 Å². The van der Waals surface area contributed by atoms with Crippen LogP contribution in [0.1, 0.15) is 10.5 Å². The van der Waals surface area contributed by atoms with Gasteiger partial charge in [-0.1, -0.05) is 0 Å². The van der Waals surface area contributed by atoms with Gasteiger partial charge in [0.15, 0.2) is 16.6 Å². The van der Waals surface area contributed by atoms with Crippen molar-refractivity contribution in [2.45, 2.75) is 0 Å². The number of amides is 1. The lowest BCUT2D eigenvalue weighted by molar-refractivity contribution is 0.102. The lowest BCUT2D eigenvalue weighted by Gasteiger charge is -2.28. The molecule has 8 nitrogen and oxygen atoms in total. The third-order valence-electron chi connectivity index (χ3n) is 4.86. The molecule has 0 atom stereocenters. The number of carbonyl (C=O) groups is 1. The Hall–Kier alpha value is -3.30. The summed E-state index contributed by atoms with van der Waals surface area (Å²) in [5.74, 6) is 1.17. The topological polar surface area (TPSA) is 85.0 Å². The molecule has 0 saturated carbocycles. The lowest BCUT2D eigenvalue weighted by Crippen LogP contribution is -2.36. The van der Waals surface area contributed by atoms with E-state index in [1.54, 1.807) is 5.38 Å². The summed E-state index contributed by atoms with van der Waals surface area (Å²) in [6.45, 7) is 3.47. The average molecular weight is 424 g/mol. The SMILES string of the molecule is O=C(Nc1ccc(N2CCOCC2)cc1)c1csc(Nc2ccc3c(c2)OCO3)n1. The number of fused-ring (bicyclic) bond motifs is 1. The first kappa shape index (κ1) is 18.7. The van der Waals surface area contributed by atoms with Crippen molar-refractivity contribution in [3.8, 4) is 11.5 Å². The monoisotopic (exact) mass is 424 g/mol. The Balaban J connectivity index is 1.21. The zero-order valence-electron chi connectivity index (χ0n) is 16.1. The maximum atomic E-state index is 12.6. The maximum Gasteiger partial charge on any atom is 0.275 e. The molecule has 9 heteroatoms. The molecule has 154 valence electrons. The number of nitrogens with zero attached hydrogens (tertiary/aromatic N) is 2. The minimum absolute atomic E-state index is 0.230. The largest absolute Gasteiger partial charge is 0.454 e. The minimum Gasteiger partial charge on any atom is -0.454 e. The number of hydrogen-bond acceptors (Lipinski definition) is 8. The number of benzene rings is 2. The van der Waals surface area contributed by atoms with Crippen molar-refractivity contribution < 1.29 is 19.0 Å². The molecule has 1 amide bonds. The smallest absolute Gasteiger partial charge is 0.275 e. The predicted molar refractivity (Wildman–Crippen MR) is 115 cm³/mol. The highest BCUT2D eigenvalue weighted by Gasteiger charge is 2.16. The van der Waals surface area contributed by atoms with Crippen molar-refractivity contribution in [3.63, 3.8) is 0 Å². The van der Waals surface area contributed by atoms with E-state index in [1.807, 2.05) is 42.5 Å². The summed E-state index contributed by atoms with van der Waals surface area (Å²) in [5, 5.41) is 8.45. The van der Waals surface area contributed by atoms with Crippen LogP contribution in [0.15, 0.2) is 47.8 Å². The molecule has 1 saturated heterocycles. The van der Waals surface area contributed by atoms with Crippen molar-refractivity contribution >= 4 is 39.4 Å². The van der Waals surface area contributed by atoms with Gasteiger partial charge < -0.3 is 29.7 Å². The Bertz CT molecular complexity index is 1050. The molecular formula is C21H20N4O4S. The second-order valence-corrected chi connectivity index (χ2v) is 7.69. The summed E-state index contributed by atoms with van der Waals surface area (Å²) in [6.07, 6.45) is 0. The third kappa shape index (κ3) is 4.03. The fourth-order valence-electron chi connectivity index (χ4n) is 3.31. The molecule has 30 heavy (non-hydrogen) atoms. The van der Waals surface area contributed by atoms with E-state index in [9.17, 15) is 4.79 Å². The van der Waals surface area contributed by atoms with Crippen molar-refractivity contribution in [1.82, 2.24) is 4.98 Å². The first-order valence-electron chi connectivity index (χ1n) is 9.61. The molecule has 1 aromatic heterocycles. The van der Waals surface area contributed by atoms with Crippen molar-refractivity contribution in [2.75, 3.05) is 48.6 Å². The second kappa shape index (κ2) is 8.21. The van der Waals surface area contributed by atoms with Crippen LogP contribution in [0.3, 0.4) is 0 Å². The summed E-state index contributed by atoms with van der Waals surface area (Å²) in [4.78, 5) is 19.2. The van der Waals surface area contributed by atoms with Gasteiger partial charge in [0.25, 0.3) is 5.91 Å². The first-order chi connectivity index (χ1) is 14.7. The van der Waals surface area contributed by atoms with E-state index < -0.39 is 0 Å². The maximum absolute atomic E-state index is 12.6. The van der Waals surface area contributed by atoms with E-state index in [1.165, 1.54) is 11.3 Å². The van der Waals surface area contributed by atoms with Gasteiger partial charge in [0.2, 0.25) is 6.79 Å². The van der Waals surface area contributed by atoms with Gasteiger partial charge in [0.1, 0.15) is 5.69 Å². The van der Waals surface area contributed by atoms with Crippen molar-refractivity contribution in [2.24, 2.45) is 0 Å². The van der Waals surface area contributed by atoms with E-state index in [2.05, 4.69) is 20.5 Å². The van der Waals surface area contributed by atoms with Gasteiger partial charge in [-0.05, 0) is 36.4 Å². The highest BCUT2D eigenvalue weighted by atomic mass is 32.1. The highest BCUT2D eigenvalue weighted by molar-refractivity contribution is 7.14.